The number of aryl methyl sites for hydroxylation is 1. The zero-order valence-electron chi connectivity index (χ0n) is 11.0. The molecule has 0 spiro atoms. The summed E-state index contributed by atoms with van der Waals surface area (Å²) in [5.74, 6) is 0.825. The van der Waals surface area contributed by atoms with Gasteiger partial charge in [0.25, 0.3) is 0 Å². The molecule has 0 aliphatic carbocycles. The second kappa shape index (κ2) is 5.82. The first-order chi connectivity index (χ1) is 9.04. The molecule has 1 aromatic carbocycles. The van der Waals surface area contributed by atoms with Gasteiger partial charge in [-0.15, -0.1) is 0 Å². The molecule has 0 bridgehead atoms. The lowest BCUT2D eigenvalue weighted by Gasteiger charge is -2.02. The van der Waals surface area contributed by atoms with Crippen LogP contribution in [0.3, 0.4) is 0 Å². The number of benzene rings is 1. The van der Waals surface area contributed by atoms with Crippen molar-refractivity contribution in [2.75, 3.05) is 0 Å². The summed E-state index contributed by atoms with van der Waals surface area (Å²) in [7, 11) is -1.53. The number of rotatable bonds is 4. The summed E-state index contributed by atoms with van der Waals surface area (Å²) in [4.78, 5) is 0. The lowest BCUT2D eigenvalue weighted by molar-refractivity contribution is 0.426. The monoisotopic (exact) mass is 278 g/mol. The molecule has 0 unspecified atom stereocenters. The van der Waals surface area contributed by atoms with E-state index in [9.17, 15) is 10.0 Å². The van der Waals surface area contributed by atoms with E-state index < -0.39 is 7.12 Å². The van der Waals surface area contributed by atoms with E-state index in [1.165, 1.54) is 0 Å². The number of fused-ring (bicyclic) bond motifs is 1. The summed E-state index contributed by atoms with van der Waals surface area (Å²) in [5, 5.41) is 20.3. The van der Waals surface area contributed by atoms with Crippen LogP contribution in [0.25, 0.3) is 17.0 Å². The second-order valence-corrected chi connectivity index (χ2v) is 5.11. The quantitative estimate of drug-likeness (QED) is 0.846. The van der Waals surface area contributed by atoms with Crippen LogP contribution in [-0.2, 0) is 6.42 Å². The molecule has 3 nitrogen and oxygen atoms in total. The minimum atomic E-state index is -1.53. The van der Waals surface area contributed by atoms with Crippen molar-refractivity contribution in [1.29, 1.82) is 0 Å². The van der Waals surface area contributed by atoms with Gasteiger partial charge in [-0.3, -0.25) is 0 Å². The Morgan fingerprint density at radius 2 is 2.16 bits per heavy atom. The van der Waals surface area contributed by atoms with Gasteiger partial charge in [-0.2, -0.15) is 0 Å². The topological polar surface area (TPSA) is 53.6 Å². The molecule has 0 saturated carbocycles. The van der Waals surface area contributed by atoms with Crippen molar-refractivity contribution in [2.45, 2.75) is 26.7 Å². The Balaban J connectivity index is 2.77. The van der Waals surface area contributed by atoms with Gasteiger partial charge < -0.3 is 14.5 Å². The summed E-state index contributed by atoms with van der Waals surface area (Å²) in [6.45, 7) is 3.85. The molecule has 1 heterocycles. The number of halogens is 1. The van der Waals surface area contributed by atoms with Crippen LogP contribution >= 0.6 is 11.6 Å². The van der Waals surface area contributed by atoms with E-state index in [1.54, 1.807) is 19.1 Å². The standard InChI is InChI=1S/C14H16BClO3/c1-3-5-12-10(8-9(2)16)14-11(15(17)18)6-4-7-13(14)19-12/h4,6-8,17-18H,3,5H2,1-2H3/b9-8+. The van der Waals surface area contributed by atoms with E-state index in [4.69, 9.17) is 16.0 Å². The maximum absolute atomic E-state index is 9.48. The van der Waals surface area contributed by atoms with Crippen LogP contribution < -0.4 is 5.46 Å². The zero-order chi connectivity index (χ0) is 14.0. The third-order valence-electron chi connectivity index (χ3n) is 2.96. The molecule has 1 aromatic heterocycles. The molecule has 0 amide bonds. The average Bonchev–Trinajstić information content (AvgIpc) is 2.67. The van der Waals surface area contributed by atoms with Gasteiger partial charge in [0.2, 0.25) is 0 Å². The first-order valence-electron chi connectivity index (χ1n) is 6.28. The van der Waals surface area contributed by atoms with Crippen LogP contribution in [-0.4, -0.2) is 17.2 Å². The minimum absolute atomic E-state index is 0.438. The van der Waals surface area contributed by atoms with Crippen molar-refractivity contribution < 1.29 is 14.5 Å². The van der Waals surface area contributed by atoms with Gasteiger partial charge in [0.15, 0.2) is 0 Å². The predicted octanol–water partition coefficient (Wildman–Crippen LogP) is 2.66. The van der Waals surface area contributed by atoms with E-state index in [-0.39, 0.29) is 0 Å². The SMILES string of the molecule is CCCc1oc2cccc(B(O)O)c2c1/C=C(\C)Cl. The van der Waals surface area contributed by atoms with Crippen molar-refractivity contribution in [2.24, 2.45) is 0 Å². The normalized spacial score (nSPS) is 12.2. The molecule has 5 heteroatoms. The Morgan fingerprint density at radius 1 is 1.42 bits per heavy atom. The fourth-order valence-electron chi connectivity index (χ4n) is 2.23. The second-order valence-electron chi connectivity index (χ2n) is 4.51. The highest BCUT2D eigenvalue weighted by Gasteiger charge is 2.21. The summed E-state index contributed by atoms with van der Waals surface area (Å²) in [6, 6.07) is 5.25. The Hall–Kier alpha value is -1.23. The van der Waals surface area contributed by atoms with Gasteiger partial charge in [0.05, 0.1) is 0 Å². The lowest BCUT2D eigenvalue weighted by atomic mass is 9.77. The molecule has 0 radical (unpaired) electrons. The molecule has 0 fully saturated rings. The zero-order valence-corrected chi connectivity index (χ0v) is 11.7. The molecular weight excluding hydrogens is 262 g/mol. The van der Waals surface area contributed by atoms with Crippen LogP contribution in [0.5, 0.6) is 0 Å². The highest BCUT2D eigenvalue weighted by molar-refractivity contribution is 6.62. The molecule has 0 aliphatic rings. The molecule has 0 atom stereocenters. The van der Waals surface area contributed by atoms with Gasteiger partial charge in [-0.25, -0.2) is 0 Å². The summed E-state index contributed by atoms with van der Waals surface area (Å²) >= 11 is 5.97. The van der Waals surface area contributed by atoms with Gasteiger partial charge in [0, 0.05) is 22.4 Å². The Labute approximate surface area is 117 Å². The molecule has 0 saturated heterocycles. The fraction of sp³-hybridized carbons (Fsp3) is 0.286. The molecular formula is C14H16BClO3. The average molecular weight is 279 g/mol. The number of hydrogen-bond donors (Lipinski definition) is 2. The third kappa shape index (κ3) is 2.86. The van der Waals surface area contributed by atoms with Crippen molar-refractivity contribution in [1.82, 2.24) is 0 Å². The molecule has 0 aliphatic heterocycles. The van der Waals surface area contributed by atoms with Gasteiger partial charge in [-0.05, 0) is 30.9 Å². The summed E-state index contributed by atoms with van der Waals surface area (Å²) < 4.78 is 5.81. The van der Waals surface area contributed by atoms with Crippen LogP contribution in [0.1, 0.15) is 31.6 Å². The maximum Gasteiger partial charge on any atom is 0.489 e. The summed E-state index contributed by atoms with van der Waals surface area (Å²) in [5.41, 5.74) is 1.93. The van der Waals surface area contributed by atoms with Crippen LogP contribution in [0.4, 0.5) is 0 Å². The smallest absolute Gasteiger partial charge is 0.460 e. The Kier molecular flexibility index (Phi) is 4.35. The molecule has 2 N–H and O–H groups in total. The number of allylic oxidation sites excluding steroid dienone is 1. The first-order valence-corrected chi connectivity index (χ1v) is 6.66. The predicted molar refractivity (Wildman–Crippen MR) is 79.5 cm³/mol. The molecule has 2 aromatic rings. The summed E-state index contributed by atoms with van der Waals surface area (Å²) in [6.07, 6.45) is 3.54. The first kappa shape index (κ1) is 14.2. The largest absolute Gasteiger partial charge is 0.489 e. The highest BCUT2D eigenvalue weighted by Crippen LogP contribution is 2.28. The van der Waals surface area contributed by atoms with Crippen molar-refractivity contribution in [3.05, 3.63) is 34.6 Å². The molecule has 2 rings (SSSR count). The number of furan rings is 1. The fourth-order valence-corrected chi connectivity index (χ4v) is 2.34. The molecule has 19 heavy (non-hydrogen) atoms. The number of hydrogen-bond acceptors (Lipinski definition) is 3. The van der Waals surface area contributed by atoms with E-state index >= 15 is 0 Å². The van der Waals surface area contributed by atoms with E-state index in [2.05, 4.69) is 6.92 Å². The minimum Gasteiger partial charge on any atom is -0.460 e. The molecule has 100 valence electrons. The van der Waals surface area contributed by atoms with Crippen molar-refractivity contribution in [3.8, 4) is 0 Å². The Bertz CT molecular complexity index is 612. The van der Waals surface area contributed by atoms with Crippen LogP contribution in [0.2, 0.25) is 0 Å². The third-order valence-corrected chi connectivity index (χ3v) is 3.07. The van der Waals surface area contributed by atoms with E-state index in [0.717, 1.165) is 29.6 Å². The van der Waals surface area contributed by atoms with Crippen molar-refractivity contribution in [3.63, 3.8) is 0 Å². The van der Waals surface area contributed by atoms with Gasteiger partial charge in [-0.1, -0.05) is 30.7 Å². The maximum atomic E-state index is 9.48. The van der Waals surface area contributed by atoms with Gasteiger partial charge >= 0.3 is 7.12 Å². The van der Waals surface area contributed by atoms with Crippen LogP contribution in [0.15, 0.2) is 27.6 Å². The van der Waals surface area contributed by atoms with E-state index in [0.29, 0.717) is 16.1 Å². The van der Waals surface area contributed by atoms with E-state index in [1.807, 2.05) is 12.1 Å². The van der Waals surface area contributed by atoms with Gasteiger partial charge in [0.1, 0.15) is 11.3 Å². The highest BCUT2D eigenvalue weighted by atomic mass is 35.5. The Morgan fingerprint density at radius 3 is 2.74 bits per heavy atom. The van der Waals surface area contributed by atoms with Crippen molar-refractivity contribution >= 4 is 41.2 Å². The lowest BCUT2D eigenvalue weighted by Crippen LogP contribution is -2.30. The van der Waals surface area contributed by atoms with Crippen LogP contribution in [0, 0.1) is 0 Å².